The fourth-order valence-electron chi connectivity index (χ4n) is 5.53. The van der Waals surface area contributed by atoms with E-state index < -0.39 is 23.1 Å². The number of ether oxygens (including phenoxy) is 2. The van der Waals surface area contributed by atoms with Gasteiger partial charge in [0.25, 0.3) is 0 Å². The third-order valence-electron chi connectivity index (χ3n) is 7.94. The predicted octanol–water partition coefficient (Wildman–Crippen LogP) is 6.74. The molecule has 7 nitrogen and oxygen atoms in total. The Balaban J connectivity index is 1.32. The van der Waals surface area contributed by atoms with Crippen LogP contribution < -0.4 is 19.3 Å². The van der Waals surface area contributed by atoms with Gasteiger partial charge in [0, 0.05) is 25.1 Å². The summed E-state index contributed by atoms with van der Waals surface area (Å²) in [7, 11) is 1.55. The van der Waals surface area contributed by atoms with Crippen molar-refractivity contribution < 1.29 is 36.6 Å². The van der Waals surface area contributed by atoms with Gasteiger partial charge in [-0.2, -0.15) is 18.2 Å². The number of isocyanates is 1. The van der Waals surface area contributed by atoms with Crippen LogP contribution in [-0.4, -0.2) is 44.3 Å². The minimum Gasteiger partial charge on any atom is -0.497 e. The molecule has 2 heterocycles. The molecule has 0 atom stereocenters. The zero-order valence-corrected chi connectivity index (χ0v) is 24.0. The second-order valence-electron chi connectivity index (χ2n) is 10.6. The molecule has 0 N–H and O–H groups in total. The first-order valence-corrected chi connectivity index (χ1v) is 14.0. The number of carbonyl (C=O) groups is 1. The molecule has 0 unspecified atom stereocenters. The Labute approximate surface area is 250 Å². The van der Waals surface area contributed by atoms with Crippen molar-refractivity contribution in [2.24, 2.45) is 4.99 Å². The lowest BCUT2D eigenvalue weighted by Crippen LogP contribution is -2.47. The molecule has 5 rings (SSSR count). The second kappa shape index (κ2) is 12.3. The predicted molar refractivity (Wildman–Crippen MR) is 153 cm³/mol. The number of carbonyl (C=O) groups excluding carboxylic acids is 2. The average Bonchev–Trinajstić information content (AvgIpc) is 2.99. The molecule has 0 saturated carbocycles. The first-order valence-electron chi connectivity index (χ1n) is 13.6. The summed E-state index contributed by atoms with van der Waals surface area (Å²) in [5, 5.41) is -0.0239. The van der Waals surface area contributed by atoms with Gasteiger partial charge in [0.1, 0.15) is 29.5 Å². The van der Waals surface area contributed by atoms with Crippen molar-refractivity contribution in [2.45, 2.75) is 43.9 Å². The van der Waals surface area contributed by atoms with Crippen molar-refractivity contribution in [3.63, 3.8) is 0 Å². The monoisotopic (exact) mass is 617 g/mol. The van der Waals surface area contributed by atoms with Crippen LogP contribution in [0.1, 0.15) is 36.0 Å². The van der Waals surface area contributed by atoms with Gasteiger partial charge in [0.05, 0.1) is 35.6 Å². The third kappa shape index (κ3) is 6.48. The maximum atomic E-state index is 15.2. The molecular weight excluding hydrogens is 590 g/mol. The lowest BCUT2D eigenvalue weighted by molar-refractivity contribution is -0.137. The van der Waals surface area contributed by atoms with Crippen LogP contribution in [0.5, 0.6) is 11.5 Å². The molecule has 226 valence electrons. The second-order valence-corrected chi connectivity index (χ2v) is 11.0. The number of alkyl halides is 3. The Morgan fingerprint density at radius 3 is 2.40 bits per heavy atom. The van der Waals surface area contributed by atoms with Crippen LogP contribution in [0.2, 0.25) is 5.02 Å². The maximum absolute atomic E-state index is 15.2. The van der Waals surface area contributed by atoms with Gasteiger partial charge in [-0.15, -0.1) is 0 Å². The van der Waals surface area contributed by atoms with Crippen molar-refractivity contribution in [1.82, 2.24) is 0 Å². The van der Waals surface area contributed by atoms with E-state index in [2.05, 4.69) is 4.99 Å². The highest BCUT2D eigenvalue weighted by molar-refractivity contribution is 6.33. The van der Waals surface area contributed by atoms with Gasteiger partial charge in [-0.05, 0) is 67.3 Å². The van der Waals surface area contributed by atoms with E-state index in [9.17, 15) is 22.8 Å². The number of benzene rings is 3. The quantitative estimate of drug-likeness (QED) is 0.159. The summed E-state index contributed by atoms with van der Waals surface area (Å²) in [4.78, 5) is 31.6. The zero-order chi connectivity index (χ0) is 30.8. The summed E-state index contributed by atoms with van der Waals surface area (Å²) in [6.45, 7) is 0.857. The molecule has 0 bridgehead atoms. The molecule has 0 aromatic heterocycles. The van der Waals surface area contributed by atoms with Crippen LogP contribution in [0.3, 0.4) is 0 Å². The van der Waals surface area contributed by atoms with Gasteiger partial charge in [-0.1, -0.05) is 23.7 Å². The SMILES string of the molecule is COc1ccc(CN2C(=O)CCc3c(OCC4(N=C=O)CCN(c5ccc(C(F)(F)F)cc5Cl)CC4)ccc(F)c32)cc1. The Morgan fingerprint density at radius 2 is 1.77 bits per heavy atom. The standard InChI is InChI=1S/C31H28ClF4N3O4/c1-42-22-5-2-20(3-6-22)17-39-28(41)11-7-23-27(10-8-25(33)29(23)39)43-18-30(37-19-40)12-14-38(15-13-30)26-9-4-21(16-24(26)32)31(34,35)36/h2-6,8-10,16H,7,11-15,17-18H2,1H3. The molecule has 1 fully saturated rings. The highest BCUT2D eigenvalue weighted by atomic mass is 35.5. The van der Waals surface area contributed by atoms with Crippen molar-refractivity contribution >= 4 is 35.0 Å². The molecule has 2 aliphatic rings. The van der Waals surface area contributed by atoms with E-state index in [4.69, 9.17) is 21.1 Å². The summed E-state index contributed by atoms with van der Waals surface area (Å²) in [5.74, 6) is 0.287. The lowest BCUT2D eigenvalue weighted by Gasteiger charge is -2.39. The summed E-state index contributed by atoms with van der Waals surface area (Å²) in [6.07, 6.45) is -1.75. The van der Waals surface area contributed by atoms with Crippen molar-refractivity contribution in [3.8, 4) is 11.5 Å². The molecule has 2 aliphatic heterocycles. The van der Waals surface area contributed by atoms with E-state index >= 15 is 4.39 Å². The third-order valence-corrected chi connectivity index (χ3v) is 8.24. The average molecular weight is 618 g/mol. The molecule has 0 aliphatic carbocycles. The van der Waals surface area contributed by atoms with Gasteiger partial charge in [-0.25, -0.2) is 9.18 Å². The van der Waals surface area contributed by atoms with Gasteiger partial charge in [0.15, 0.2) is 0 Å². The summed E-state index contributed by atoms with van der Waals surface area (Å²) in [5.41, 5.74) is 0.168. The fraction of sp³-hybridized carbons (Fsp3) is 0.355. The van der Waals surface area contributed by atoms with Crippen molar-refractivity contribution in [1.29, 1.82) is 0 Å². The Kier molecular flexibility index (Phi) is 8.66. The van der Waals surface area contributed by atoms with Gasteiger partial charge in [-0.3, -0.25) is 4.79 Å². The first kappa shape index (κ1) is 30.4. The van der Waals surface area contributed by atoms with E-state index in [1.54, 1.807) is 25.3 Å². The lowest BCUT2D eigenvalue weighted by atomic mass is 9.88. The molecule has 0 radical (unpaired) electrons. The summed E-state index contributed by atoms with van der Waals surface area (Å²) >= 11 is 6.19. The van der Waals surface area contributed by atoms with Crippen LogP contribution in [0, 0.1) is 5.82 Å². The smallest absolute Gasteiger partial charge is 0.416 e. The number of aliphatic imine (C=N–C) groups is 1. The number of methoxy groups -OCH3 is 1. The Bertz CT molecular complexity index is 1550. The number of halogens is 5. The molecule has 1 saturated heterocycles. The first-order chi connectivity index (χ1) is 20.5. The summed E-state index contributed by atoms with van der Waals surface area (Å²) < 4.78 is 65.8. The molecule has 0 spiro atoms. The van der Waals surface area contributed by atoms with Crippen molar-refractivity contribution in [2.75, 3.05) is 36.6 Å². The number of rotatable bonds is 8. The van der Waals surface area contributed by atoms with E-state index in [0.29, 0.717) is 48.7 Å². The van der Waals surface area contributed by atoms with Crippen LogP contribution >= 0.6 is 11.6 Å². The van der Waals surface area contributed by atoms with Gasteiger partial charge >= 0.3 is 6.18 Å². The largest absolute Gasteiger partial charge is 0.497 e. The number of nitrogens with zero attached hydrogens (tertiary/aromatic N) is 3. The minimum atomic E-state index is -4.51. The number of hydrogen-bond donors (Lipinski definition) is 0. The molecule has 3 aromatic carbocycles. The number of piperidine rings is 1. The van der Waals surface area contributed by atoms with Crippen LogP contribution in [0.15, 0.2) is 59.6 Å². The van der Waals surface area contributed by atoms with E-state index in [1.165, 1.54) is 23.1 Å². The van der Waals surface area contributed by atoms with Crippen LogP contribution in [0.25, 0.3) is 0 Å². The molecule has 3 aromatic rings. The van der Waals surface area contributed by atoms with Gasteiger partial charge in [0.2, 0.25) is 12.0 Å². The Morgan fingerprint density at radius 1 is 1.05 bits per heavy atom. The fourth-order valence-corrected chi connectivity index (χ4v) is 5.83. The normalized spacial score (nSPS) is 16.4. The molecule has 12 heteroatoms. The van der Waals surface area contributed by atoms with Crippen molar-refractivity contribution in [3.05, 3.63) is 82.1 Å². The number of anilines is 2. The Hall–Kier alpha value is -4.08. The van der Waals surface area contributed by atoms with Crippen LogP contribution in [-0.2, 0) is 28.7 Å². The highest BCUT2D eigenvalue weighted by Crippen LogP contribution is 2.40. The van der Waals surface area contributed by atoms with Crippen LogP contribution in [0.4, 0.5) is 28.9 Å². The molecule has 43 heavy (non-hydrogen) atoms. The number of amides is 1. The number of hydrogen-bond acceptors (Lipinski definition) is 6. The molecule has 1 amide bonds. The zero-order valence-electron chi connectivity index (χ0n) is 23.2. The molecular formula is C31H28ClF4N3O4. The van der Waals surface area contributed by atoms with E-state index in [1.807, 2.05) is 17.0 Å². The summed E-state index contributed by atoms with van der Waals surface area (Å²) in [6, 6.07) is 13.1. The minimum absolute atomic E-state index is 0.0126. The van der Waals surface area contributed by atoms with Gasteiger partial charge < -0.3 is 19.3 Å². The van der Waals surface area contributed by atoms with E-state index in [-0.39, 0.29) is 42.6 Å². The maximum Gasteiger partial charge on any atom is 0.416 e. The highest BCUT2D eigenvalue weighted by Gasteiger charge is 2.38. The van der Waals surface area contributed by atoms with E-state index in [0.717, 1.165) is 17.7 Å². The number of fused-ring (bicyclic) bond motifs is 1. The topological polar surface area (TPSA) is 71.4 Å².